The summed E-state index contributed by atoms with van der Waals surface area (Å²) in [5, 5.41) is 20.1. The van der Waals surface area contributed by atoms with E-state index in [9.17, 15) is 22.2 Å². The number of carbonyl (C=O) groups excluding carboxylic acids is 4. The molecular formula is C58H92N6O17. The molecule has 4 amide bonds. The predicted octanol–water partition coefficient (Wildman–Crippen LogP) is 4.38. The number of ether oxygens (including phenoxy) is 12. The van der Waals surface area contributed by atoms with Crippen molar-refractivity contribution >= 4 is 24.0 Å². The van der Waals surface area contributed by atoms with E-state index in [0.717, 1.165) is 0 Å². The van der Waals surface area contributed by atoms with Crippen LogP contribution in [-0.4, -0.2) is 216 Å². The van der Waals surface area contributed by atoms with Gasteiger partial charge in [0.2, 0.25) is 5.91 Å². The van der Waals surface area contributed by atoms with E-state index in [0.29, 0.717) is 87.9 Å². The normalized spacial score (nSPS) is 15.9. The van der Waals surface area contributed by atoms with Crippen LogP contribution in [0.15, 0.2) is 79.0 Å². The number of hydrogen-bond acceptors (Lipinski definition) is 19. The van der Waals surface area contributed by atoms with Crippen molar-refractivity contribution in [2.45, 2.75) is 78.5 Å². The van der Waals surface area contributed by atoms with E-state index in [4.69, 9.17) is 69.2 Å². The Hall–Kier alpha value is -5.41. The lowest BCUT2D eigenvalue weighted by Crippen LogP contribution is -2.61. The number of carbonyl (C=O) groups is 4. The smallest absolute Gasteiger partial charge is 0.407 e. The first-order chi connectivity index (χ1) is 43.5. The van der Waals surface area contributed by atoms with Crippen molar-refractivity contribution in [2.24, 2.45) is 10.8 Å². The molecule has 81 heavy (non-hydrogen) atoms. The monoisotopic (exact) mass is 1160 g/mol. The highest BCUT2D eigenvalue weighted by Crippen LogP contribution is 2.23. The fraction of sp³-hybridized carbons (Fsp3) is 0.638. The molecule has 0 unspecified atom stereocenters. The second-order valence-electron chi connectivity index (χ2n) is 18.8. The van der Waals surface area contributed by atoms with Gasteiger partial charge in [-0.1, -0.05) is 102 Å². The molecule has 0 fully saturated rings. The minimum Gasteiger partial charge on any atom is -0.447 e. The molecule has 0 aliphatic rings. The van der Waals surface area contributed by atoms with E-state index >= 15 is 4.79 Å². The molecule has 0 aliphatic heterocycles. The second-order valence-corrected chi connectivity index (χ2v) is 18.8. The standard InChI is InChI=1S/C58H92N6O17/c1-57(2,3)51(61-55(68)80-40-38-78-36-34-76-32-30-74-28-26-72-24-22-70-7)53(66)60-49(42-45-14-10-9-11-15-45)50(65)44-64(43-46-17-19-47(20-18-46)48-16-12-13-21-59-48)63-54(67)52(58(4,5)6)62-56(69)81-41-39-79-37-35-77-33-31-75-29-27-73-25-23-71-8/h9-21,49-52,65H,22-44H2,1-8H3,(H,60,66)(H,61,68)(H,62,69)(H,63,67)/t49-,50-,51+,52+/m0/s1/i4D3,5D3,6D3,43D2. The third kappa shape index (κ3) is 32.1. The number of aliphatic hydroxyl groups is 1. The zero-order chi connectivity index (χ0) is 68.3. The van der Waals surface area contributed by atoms with Crippen molar-refractivity contribution in [1.29, 1.82) is 0 Å². The van der Waals surface area contributed by atoms with Crippen LogP contribution < -0.4 is 21.4 Å². The summed E-state index contributed by atoms with van der Waals surface area (Å²) >= 11 is 0. The molecule has 0 radical (unpaired) electrons. The predicted molar refractivity (Wildman–Crippen MR) is 302 cm³/mol. The Bertz CT molecular complexity index is 2510. The first-order valence-corrected chi connectivity index (χ1v) is 26.6. The number of nitrogens with zero attached hydrogens (tertiary/aromatic N) is 2. The van der Waals surface area contributed by atoms with Crippen LogP contribution in [0.25, 0.3) is 11.3 Å². The van der Waals surface area contributed by atoms with E-state index in [1.54, 1.807) is 83.5 Å². The van der Waals surface area contributed by atoms with Crippen LogP contribution in [0.4, 0.5) is 9.59 Å². The van der Waals surface area contributed by atoms with E-state index in [-0.39, 0.29) is 71.4 Å². The Morgan fingerprint density at radius 1 is 0.543 bits per heavy atom. The van der Waals surface area contributed by atoms with Crippen molar-refractivity contribution in [3.63, 3.8) is 0 Å². The van der Waals surface area contributed by atoms with Gasteiger partial charge in [0.15, 0.2) is 0 Å². The zero-order valence-electron chi connectivity index (χ0n) is 58.2. The molecule has 0 saturated heterocycles. The summed E-state index contributed by atoms with van der Waals surface area (Å²) in [4.78, 5) is 60.9. The van der Waals surface area contributed by atoms with Crippen molar-refractivity contribution in [1.82, 2.24) is 31.4 Å². The highest BCUT2D eigenvalue weighted by atomic mass is 16.6. The molecule has 1 heterocycles. The molecule has 5 N–H and O–H groups in total. The van der Waals surface area contributed by atoms with Crippen molar-refractivity contribution in [2.75, 3.05) is 153 Å². The second kappa shape index (κ2) is 41.6. The maximum Gasteiger partial charge on any atom is 0.407 e. The maximum absolute atomic E-state index is 15.1. The Kier molecular flexibility index (Phi) is 27.5. The van der Waals surface area contributed by atoms with Crippen LogP contribution in [-0.2, 0) is 79.3 Å². The SMILES string of the molecule is [2H]C([2H])(c1ccc(-c2ccccn2)cc1)N(C[C@H](O)[C@H](Cc1ccccc1)NC(=O)[C@@H](NC(=O)OCCOCCOCCOCCOCCOC)C(C)(C)C)NC(=O)[C@@H](NC(=O)OCCOCCOCCOCCOCCOC)C(C([2H])([2H])[2H])(C([2H])([2H])[2H])C([2H])([2H])[2H]. The van der Waals surface area contributed by atoms with E-state index < -0.39 is 99.3 Å². The van der Waals surface area contributed by atoms with Crippen LogP contribution >= 0.6 is 0 Å². The zero-order valence-corrected chi connectivity index (χ0v) is 47.2. The lowest BCUT2D eigenvalue weighted by Gasteiger charge is -2.36. The topological polar surface area (TPSA) is 264 Å². The molecule has 2 aromatic carbocycles. The summed E-state index contributed by atoms with van der Waals surface area (Å²) in [6.45, 7) is -7.77. The number of hydrogen-bond donors (Lipinski definition) is 5. The van der Waals surface area contributed by atoms with Gasteiger partial charge in [-0.15, -0.1) is 0 Å². The van der Waals surface area contributed by atoms with Crippen molar-refractivity contribution in [3.8, 4) is 11.3 Å². The average molecular weight is 1160 g/mol. The minimum absolute atomic E-state index is 0.00859. The fourth-order valence-corrected chi connectivity index (χ4v) is 7.01. The van der Waals surface area contributed by atoms with Gasteiger partial charge in [-0.05, 0) is 40.5 Å². The average Bonchev–Trinajstić information content (AvgIpc) is 0.709. The highest BCUT2D eigenvalue weighted by molar-refractivity contribution is 5.87. The van der Waals surface area contributed by atoms with Gasteiger partial charge in [0.05, 0.1) is 140 Å². The van der Waals surface area contributed by atoms with Crippen LogP contribution in [0.1, 0.15) is 67.5 Å². The van der Waals surface area contributed by atoms with Crippen LogP contribution in [0, 0.1) is 10.8 Å². The molecule has 0 aliphatic carbocycles. The van der Waals surface area contributed by atoms with Gasteiger partial charge in [-0.3, -0.25) is 20.0 Å². The van der Waals surface area contributed by atoms with Gasteiger partial charge >= 0.3 is 12.2 Å². The molecule has 23 nitrogen and oxygen atoms in total. The fourth-order valence-electron chi connectivity index (χ4n) is 7.01. The van der Waals surface area contributed by atoms with E-state index in [1.807, 2.05) is 5.32 Å². The first kappa shape index (κ1) is 53.6. The van der Waals surface area contributed by atoms with Crippen molar-refractivity contribution in [3.05, 3.63) is 90.1 Å². The molecule has 3 rings (SSSR count). The number of pyridine rings is 1. The number of aromatic nitrogens is 1. The minimum atomic E-state index is -4.15. The summed E-state index contributed by atoms with van der Waals surface area (Å²) in [5.74, 6) is -2.75. The number of rotatable bonds is 44. The number of hydrazine groups is 1. The lowest BCUT2D eigenvalue weighted by atomic mass is 9.85. The maximum atomic E-state index is 15.1. The van der Waals surface area contributed by atoms with Gasteiger partial charge in [0.1, 0.15) is 25.3 Å². The summed E-state index contributed by atoms with van der Waals surface area (Å²) in [7, 11) is 3.14. The Labute approximate surface area is 494 Å². The van der Waals surface area contributed by atoms with E-state index in [1.165, 1.54) is 30.5 Å². The summed E-state index contributed by atoms with van der Waals surface area (Å²) in [5.41, 5.74) is -1.77. The number of alkyl carbamates (subject to hydrolysis) is 2. The summed E-state index contributed by atoms with van der Waals surface area (Å²) in [6, 6.07) is 13.1. The van der Waals surface area contributed by atoms with Gasteiger partial charge in [-0.2, -0.15) is 0 Å². The largest absolute Gasteiger partial charge is 0.447 e. The number of amides is 4. The number of nitrogens with one attached hydrogen (secondary N) is 4. The number of benzene rings is 2. The van der Waals surface area contributed by atoms with Crippen molar-refractivity contribution < 1.29 is 96.2 Å². The van der Waals surface area contributed by atoms with Crippen LogP contribution in [0.5, 0.6) is 0 Å². The molecule has 1 aromatic heterocycles. The Morgan fingerprint density at radius 2 is 0.975 bits per heavy atom. The van der Waals surface area contributed by atoms with E-state index in [2.05, 4.69) is 21.0 Å². The summed E-state index contributed by atoms with van der Waals surface area (Å²) < 4.78 is 159. The van der Waals surface area contributed by atoms with Gasteiger partial charge in [-0.25, -0.2) is 14.6 Å². The molecule has 0 bridgehead atoms. The van der Waals surface area contributed by atoms with Gasteiger partial charge in [0, 0.05) is 51.4 Å². The molecule has 3 aromatic rings. The Morgan fingerprint density at radius 3 is 1.40 bits per heavy atom. The lowest BCUT2D eigenvalue weighted by molar-refractivity contribution is -0.132. The summed E-state index contributed by atoms with van der Waals surface area (Å²) in [6.07, 6.45) is -3.29. The third-order valence-corrected chi connectivity index (χ3v) is 11.2. The highest BCUT2D eigenvalue weighted by Gasteiger charge is 2.37. The quantitative estimate of drug-likeness (QED) is 0.0389. The number of aliphatic hydroxyl groups excluding tert-OH is 1. The molecular weight excluding hydrogens is 1050 g/mol. The molecule has 4 atom stereocenters. The molecule has 0 saturated carbocycles. The molecule has 23 heteroatoms. The Balaban J connectivity index is 1.94. The first-order valence-electron chi connectivity index (χ1n) is 32.1. The van der Waals surface area contributed by atoms with Gasteiger partial charge in [0.25, 0.3) is 5.91 Å². The van der Waals surface area contributed by atoms with Gasteiger partial charge < -0.3 is 77.9 Å². The molecule has 456 valence electrons. The number of methoxy groups -OCH3 is 2. The van der Waals surface area contributed by atoms with Crippen LogP contribution in [0.3, 0.4) is 0 Å². The van der Waals surface area contributed by atoms with Crippen LogP contribution in [0.2, 0.25) is 0 Å². The molecule has 0 spiro atoms. The third-order valence-electron chi connectivity index (χ3n) is 11.2.